The van der Waals surface area contributed by atoms with Crippen LogP contribution >= 0.6 is 0 Å². The van der Waals surface area contributed by atoms with Gasteiger partial charge in [0.1, 0.15) is 25.4 Å². The lowest BCUT2D eigenvalue weighted by Crippen LogP contribution is -2.50. The van der Waals surface area contributed by atoms with E-state index in [4.69, 9.17) is 28.4 Å². The molecule has 0 spiro atoms. The monoisotopic (exact) mass is 847 g/mol. The van der Waals surface area contributed by atoms with Crippen molar-refractivity contribution in [3.8, 4) is 0 Å². The van der Waals surface area contributed by atoms with Gasteiger partial charge in [0.25, 0.3) is 0 Å². The molecule has 0 heterocycles. The second-order valence-corrected chi connectivity index (χ2v) is 20.8. The fourth-order valence-electron chi connectivity index (χ4n) is 9.99. The minimum Gasteiger partial charge on any atom is -0.462 e. The van der Waals surface area contributed by atoms with Crippen molar-refractivity contribution in [3.63, 3.8) is 0 Å². The zero-order valence-electron chi connectivity index (χ0n) is 38.5. The van der Waals surface area contributed by atoms with Crippen molar-refractivity contribution in [1.29, 1.82) is 0 Å². The minimum atomic E-state index is -0.537. The molecule has 0 saturated heterocycles. The average molecular weight is 847 g/mol. The highest BCUT2D eigenvalue weighted by Gasteiger charge is 2.55. The smallest absolute Gasteiger partial charge is 0.344 e. The Morgan fingerprint density at radius 2 is 0.950 bits per heavy atom. The maximum atomic E-state index is 12.6. The van der Waals surface area contributed by atoms with E-state index in [-0.39, 0.29) is 67.9 Å². The van der Waals surface area contributed by atoms with Crippen molar-refractivity contribution in [2.45, 2.75) is 190 Å². The van der Waals surface area contributed by atoms with Gasteiger partial charge in [-0.15, -0.1) is 0 Å². The van der Waals surface area contributed by atoms with Gasteiger partial charge in [0.05, 0.1) is 21.7 Å². The number of rotatable bonds is 16. The molecule has 12 heteroatoms. The molecule has 3 atom stereocenters. The van der Waals surface area contributed by atoms with E-state index in [2.05, 4.69) is 0 Å². The molecule has 12 nitrogen and oxygen atoms in total. The molecule has 60 heavy (non-hydrogen) atoms. The number of carbonyl (C=O) groups is 6. The fourth-order valence-corrected chi connectivity index (χ4v) is 9.99. The van der Waals surface area contributed by atoms with Crippen molar-refractivity contribution in [1.82, 2.24) is 0 Å². The highest BCUT2D eigenvalue weighted by molar-refractivity contribution is 5.81. The predicted molar refractivity (Wildman–Crippen MR) is 225 cm³/mol. The summed E-state index contributed by atoms with van der Waals surface area (Å²) < 4.78 is 31.5. The third-order valence-corrected chi connectivity index (χ3v) is 14.8. The first-order chi connectivity index (χ1) is 28.2. The van der Waals surface area contributed by atoms with Gasteiger partial charge in [-0.3, -0.25) is 19.2 Å². The Labute approximate surface area is 360 Å². The van der Waals surface area contributed by atoms with Gasteiger partial charge in [0.15, 0.2) is 13.2 Å². The normalized spacial score (nSPS) is 27.9. The summed E-state index contributed by atoms with van der Waals surface area (Å²) in [4.78, 5) is 71.2. The zero-order valence-corrected chi connectivity index (χ0v) is 38.5. The van der Waals surface area contributed by atoms with Crippen LogP contribution in [0.4, 0.5) is 0 Å². The van der Waals surface area contributed by atoms with E-state index >= 15 is 0 Å². The number of fused-ring (bicyclic) bond motifs is 2. The molecule has 7 rings (SSSR count). The zero-order chi connectivity index (χ0) is 44.3. The summed E-state index contributed by atoms with van der Waals surface area (Å²) in [7, 11) is 0. The van der Waals surface area contributed by atoms with Crippen molar-refractivity contribution in [2.24, 2.45) is 51.2 Å². The molecule has 7 fully saturated rings. The van der Waals surface area contributed by atoms with Gasteiger partial charge >= 0.3 is 35.8 Å². The molecule has 0 N–H and O–H groups in total. The Bertz CT molecular complexity index is 1440. The molecule has 7 aliphatic carbocycles. The fraction of sp³-hybridized carbons (Fsp3) is 0.875. The molecule has 0 amide bonds. The van der Waals surface area contributed by atoms with E-state index < -0.39 is 28.2 Å². The van der Waals surface area contributed by atoms with E-state index in [9.17, 15) is 28.8 Å². The summed E-state index contributed by atoms with van der Waals surface area (Å²) in [5.74, 6) is 1.71. The van der Waals surface area contributed by atoms with Crippen LogP contribution in [0.3, 0.4) is 0 Å². The molecule has 0 aromatic heterocycles. The average Bonchev–Trinajstić information content (AvgIpc) is 3.84. The number of ether oxygens (including phenoxy) is 6. The first kappa shape index (κ1) is 49.5. The molecule has 0 radical (unpaired) electrons. The third-order valence-electron chi connectivity index (χ3n) is 14.8. The van der Waals surface area contributed by atoms with Gasteiger partial charge in [-0.1, -0.05) is 27.2 Å². The van der Waals surface area contributed by atoms with Crippen molar-refractivity contribution in [3.05, 3.63) is 0 Å². The van der Waals surface area contributed by atoms with E-state index in [1.165, 1.54) is 44.9 Å². The standard InChI is InChI=1S/C19H30O4.C15H24O4.C14H24O4/c1-4-18(2,3)16(20)22-5-6-23-17(21)19-10-13-7-14(11-19)9-15(8-13)12-19;1-4-15(2,3)14(17)18-9-13(16)19-12-8-10-5-6-11(12)7-10;1-4-14(2,3)13(16)17-10-12(15)18-11-8-6-5-7-9-11/h13-15H,4-12H2,1-3H3;10-12H,4-9H2,1-3H3;11H,4-10H2,1-3H3. The predicted octanol–water partition coefficient (Wildman–Crippen LogP) is 9.26. The first-order valence-corrected chi connectivity index (χ1v) is 23.3. The lowest BCUT2D eigenvalue weighted by molar-refractivity contribution is -0.175. The topological polar surface area (TPSA) is 158 Å². The van der Waals surface area contributed by atoms with Crippen LogP contribution in [-0.4, -0.2) is 74.5 Å². The summed E-state index contributed by atoms with van der Waals surface area (Å²) in [6.07, 6.45) is 19.1. The van der Waals surface area contributed by atoms with Gasteiger partial charge in [0, 0.05) is 0 Å². The van der Waals surface area contributed by atoms with Crippen LogP contribution < -0.4 is 0 Å². The van der Waals surface area contributed by atoms with Crippen molar-refractivity contribution >= 4 is 35.8 Å². The maximum Gasteiger partial charge on any atom is 0.344 e. The molecule has 0 aromatic rings. The highest BCUT2D eigenvalue weighted by Crippen LogP contribution is 2.60. The molecule has 342 valence electrons. The molecule has 6 bridgehead atoms. The summed E-state index contributed by atoms with van der Waals surface area (Å²) in [6.45, 7) is 16.6. The maximum absolute atomic E-state index is 12.6. The number of esters is 6. The van der Waals surface area contributed by atoms with Gasteiger partial charge in [-0.05, 0) is 180 Å². The van der Waals surface area contributed by atoms with Crippen LogP contribution in [0.5, 0.6) is 0 Å². The number of hydrogen-bond acceptors (Lipinski definition) is 12. The summed E-state index contributed by atoms with van der Waals surface area (Å²) >= 11 is 0. The van der Waals surface area contributed by atoms with Crippen LogP contribution in [0.1, 0.15) is 178 Å². The van der Waals surface area contributed by atoms with E-state index in [1.807, 2.05) is 62.3 Å². The Hall–Kier alpha value is -3.18. The Morgan fingerprint density at radius 1 is 0.500 bits per heavy atom. The number of carbonyl (C=O) groups excluding carboxylic acids is 6. The van der Waals surface area contributed by atoms with Gasteiger partial charge in [-0.25, -0.2) is 9.59 Å². The van der Waals surface area contributed by atoms with Crippen LogP contribution in [0.2, 0.25) is 0 Å². The summed E-state index contributed by atoms with van der Waals surface area (Å²) in [6, 6.07) is 0. The van der Waals surface area contributed by atoms with Crippen LogP contribution in [-0.2, 0) is 57.2 Å². The Kier molecular flexibility index (Phi) is 17.9. The largest absolute Gasteiger partial charge is 0.462 e. The lowest BCUT2D eigenvalue weighted by Gasteiger charge is -2.55. The highest BCUT2D eigenvalue weighted by atomic mass is 16.6. The SMILES string of the molecule is CCC(C)(C)C(=O)OCC(=O)OC1CC2CCC1C2.CCC(C)(C)C(=O)OCC(=O)OC1CCCCC1.CCC(C)(C)C(=O)OCCOC(=O)C12CC3CC(CC(C3)C1)C2. The second kappa shape index (κ2) is 21.8. The summed E-state index contributed by atoms with van der Waals surface area (Å²) in [5, 5.41) is 0. The molecular formula is C48H78O12. The third kappa shape index (κ3) is 13.9. The molecule has 7 saturated carbocycles. The quantitative estimate of drug-likeness (QED) is 0.0825. The minimum absolute atomic E-state index is 0.0177. The molecule has 0 aliphatic heterocycles. The molecular weight excluding hydrogens is 769 g/mol. The molecule has 7 aliphatic rings. The van der Waals surface area contributed by atoms with Gasteiger partial charge in [0.2, 0.25) is 0 Å². The Morgan fingerprint density at radius 3 is 1.38 bits per heavy atom. The molecule has 3 unspecified atom stereocenters. The summed E-state index contributed by atoms with van der Waals surface area (Å²) in [5.41, 5.74) is -1.76. The van der Waals surface area contributed by atoms with Crippen molar-refractivity contribution < 1.29 is 57.2 Å². The van der Waals surface area contributed by atoms with Gasteiger partial charge in [-0.2, -0.15) is 0 Å². The van der Waals surface area contributed by atoms with E-state index in [1.54, 1.807) is 0 Å². The van der Waals surface area contributed by atoms with Crippen molar-refractivity contribution in [2.75, 3.05) is 26.4 Å². The first-order valence-electron chi connectivity index (χ1n) is 23.3. The van der Waals surface area contributed by atoms with E-state index in [0.717, 1.165) is 81.5 Å². The Balaban J connectivity index is 0.000000201. The van der Waals surface area contributed by atoms with Crippen LogP contribution in [0.15, 0.2) is 0 Å². The second-order valence-electron chi connectivity index (χ2n) is 20.8. The van der Waals surface area contributed by atoms with Crippen LogP contribution in [0.25, 0.3) is 0 Å². The lowest BCUT2D eigenvalue weighted by atomic mass is 9.49. The number of hydrogen-bond donors (Lipinski definition) is 0. The molecule has 0 aromatic carbocycles. The van der Waals surface area contributed by atoms with Gasteiger partial charge < -0.3 is 28.4 Å². The van der Waals surface area contributed by atoms with Crippen LogP contribution in [0, 0.1) is 51.2 Å². The van der Waals surface area contributed by atoms with E-state index in [0.29, 0.717) is 18.8 Å².